The number of hydrogen-bond donors (Lipinski definition) is 1. The van der Waals surface area contributed by atoms with E-state index in [0.29, 0.717) is 5.95 Å². The molecule has 0 unspecified atom stereocenters. The van der Waals surface area contributed by atoms with Crippen LogP contribution >= 0.6 is 0 Å². The summed E-state index contributed by atoms with van der Waals surface area (Å²) in [5.41, 5.74) is 5.45. The quantitative estimate of drug-likeness (QED) is 0.732. The molecule has 2 N–H and O–H groups in total. The van der Waals surface area contributed by atoms with Gasteiger partial charge in [0.05, 0.1) is 0 Å². The van der Waals surface area contributed by atoms with Crippen LogP contribution in [-0.4, -0.2) is 39.8 Å². The summed E-state index contributed by atoms with van der Waals surface area (Å²) in [5, 5.41) is 4.09. The molecule has 0 bridgehead atoms. The third-order valence-corrected chi connectivity index (χ3v) is 2.84. The maximum atomic E-state index is 5.45. The van der Waals surface area contributed by atoms with Gasteiger partial charge in [-0.2, -0.15) is 0 Å². The molecule has 0 spiro atoms. The highest BCUT2D eigenvalue weighted by Gasteiger charge is 2.17. The topological polar surface area (TPSA) is 60.0 Å². The van der Waals surface area contributed by atoms with Gasteiger partial charge in [-0.05, 0) is 38.9 Å². The van der Waals surface area contributed by atoms with Crippen LogP contribution in [0.4, 0.5) is 5.95 Å². The van der Waals surface area contributed by atoms with Crippen LogP contribution in [0.15, 0.2) is 6.33 Å². The minimum atomic E-state index is 0.373. The maximum Gasteiger partial charge on any atom is 0.239 e. The van der Waals surface area contributed by atoms with E-state index in [1.165, 1.54) is 25.9 Å². The molecular weight excluding hydrogens is 178 g/mol. The van der Waals surface area contributed by atoms with E-state index < -0.39 is 0 Å². The number of nitrogens with zero attached hydrogens (tertiary/aromatic N) is 4. The fraction of sp³-hybridized carbons (Fsp3) is 0.778. The molecule has 1 saturated heterocycles. The van der Waals surface area contributed by atoms with E-state index in [0.717, 1.165) is 12.5 Å². The van der Waals surface area contributed by atoms with Gasteiger partial charge in [0.2, 0.25) is 5.95 Å². The Labute approximate surface area is 83.9 Å². The van der Waals surface area contributed by atoms with Crippen LogP contribution in [0.5, 0.6) is 0 Å². The highest BCUT2D eigenvalue weighted by atomic mass is 15.4. The van der Waals surface area contributed by atoms with Crippen molar-refractivity contribution in [2.75, 3.05) is 25.9 Å². The monoisotopic (exact) mass is 195 g/mol. The molecule has 1 aliphatic rings. The van der Waals surface area contributed by atoms with Crippen molar-refractivity contribution in [2.45, 2.75) is 19.4 Å². The second-order valence-corrected chi connectivity index (χ2v) is 4.07. The van der Waals surface area contributed by atoms with Gasteiger partial charge in [-0.1, -0.05) is 0 Å². The highest BCUT2D eigenvalue weighted by molar-refractivity contribution is 5.09. The minimum Gasteiger partial charge on any atom is -0.367 e. The fourth-order valence-electron chi connectivity index (χ4n) is 1.91. The Kier molecular flexibility index (Phi) is 2.67. The van der Waals surface area contributed by atoms with Crippen molar-refractivity contribution in [1.29, 1.82) is 0 Å². The van der Waals surface area contributed by atoms with Gasteiger partial charge in [0.25, 0.3) is 0 Å². The van der Waals surface area contributed by atoms with Gasteiger partial charge < -0.3 is 10.6 Å². The van der Waals surface area contributed by atoms with Gasteiger partial charge in [-0.3, -0.25) is 4.68 Å². The second kappa shape index (κ2) is 3.96. The van der Waals surface area contributed by atoms with Gasteiger partial charge in [-0.25, -0.2) is 4.98 Å². The Hall–Kier alpha value is -1.10. The van der Waals surface area contributed by atoms with Crippen LogP contribution in [0.3, 0.4) is 0 Å². The first-order chi connectivity index (χ1) is 6.74. The standard InChI is InChI=1S/C9H17N5/c1-13-4-2-8(3-5-13)6-14-7-11-9(10)12-14/h7-8H,2-6H2,1H3,(H2,10,12). The van der Waals surface area contributed by atoms with E-state index in [1.807, 2.05) is 4.68 Å². The number of anilines is 1. The number of aromatic nitrogens is 3. The molecule has 14 heavy (non-hydrogen) atoms. The number of piperidine rings is 1. The summed E-state index contributed by atoms with van der Waals surface area (Å²) in [6.07, 6.45) is 4.21. The van der Waals surface area contributed by atoms with Crippen molar-refractivity contribution in [3.63, 3.8) is 0 Å². The van der Waals surface area contributed by atoms with Gasteiger partial charge in [0, 0.05) is 6.54 Å². The summed E-state index contributed by atoms with van der Waals surface area (Å²) >= 11 is 0. The molecular formula is C9H17N5. The highest BCUT2D eigenvalue weighted by Crippen LogP contribution is 2.17. The summed E-state index contributed by atoms with van der Waals surface area (Å²) in [5.74, 6) is 1.10. The molecule has 5 nitrogen and oxygen atoms in total. The lowest BCUT2D eigenvalue weighted by atomic mass is 9.97. The predicted octanol–water partition coefficient (Wildman–Crippen LogP) is 0.202. The Bertz CT molecular complexity index is 287. The largest absolute Gasteiger partial charge is 0.367 e. The molecule has 0 radical (unpaired) electrons. The normalized spacial score (nSPS) is 20.1. The third kappa shape index (κ3) is 2.23. The number of nitrogens with two attached hydrogens (primary N) is 1. The maximum absolute atomic E-state index is 5.45. The van der Waals surface area contributed by atoms with Crippen LogP contribution in [0.2, 0.25) is 0 Å². The van der Waals surface area contributed by atoms with E-state index in [2.05, 4.69) is 22.0 Å². The van der Waals surface area contributed by atoms with Gasteiger partial charge >= 0.3 is 0 Å². The average molecular weight is 195 g/mol. The molecule has 0 saturated carbocycles. The van der Waals surface area contributed by atoms with E-state index in [-0.39, 0.29) is 0 Å². The van der Waals surface area contributed by atoms with E-state index in [1.54, 1.807) is 6.33 Å². The molecule has 0 atom stereocenters. The molecule has 5 heteroatoms. The van der Waals surface area contributed by atoms with Crippen LogP contribution in [-0.2, 0) is 6.54 Å². The van der Waals surface area contributed by atoms with Crippen molar-refractivity contribution in [2.24, 2.45) is 5.92 Å². The minimum absolute atomic E-state index is 0.373. The zero-order valence-electron chi connectivity index (χ0n) is 8.56. The summed E-state index contributed by atoms with van der Waals surface area (Å²) in [7, 11) is 2.17. The number of likely N-dealkylation sites (tertiary alicyclic amines) is 1. The Balaban J connectivity index is 1.86. The predicted molar refractivity (Wildman–Crippen MR) is 54.7 cm³/mol. The Morgan fingerprint density at radius 1 is 1.50 bits per heavy atom. The molecule has 0 aliphatic carbocycles. The third-order valence-electron chi connectivity index (χ3n) is 2.84. The van der Waals surface area contributed by atoms with Crippen LogP contribution in [0, 0.1) is 5.92 Å². The molecule has 0 aromatic carbocycles. The first-order valence-electron chi connectivity index (χ1n) is 5.07. The molecule has 0 amide bonds. The number of nitrogen functional groups attached to an aromatic ring is 1. The van der Waals surface area contributed by atoms with Crippen LogP contribution in [0.25, 0.3) is 0 Å². The summed E-state index contributed by atoms with van der Waals surface area (Å²) in [6, 6.07) is 0. The van der Waals surface area contributed by atoms with Gasteiger partial charge in [0.1, 0.15) is 6.33 Å². The van der Waals surface area contributed by atoms with Crippen molar-refractivity contribution in [1.82, 2.24) is 19.7 Å². The zero-order valence-corrected chi connectivity index (χ0v) is 8.56. The SMILES string of the molecule is CN1CCC(Cn2cnc(N)n2)CC1. The van der Waals surface area contributed by atoms with E-state index in [9.17, 15) is 0 Å². The first kappa shape index (κ1) is 9.45. The van der Waals surface area contributed by atoms with Crippen molar-refractivity contribution < 1.29 is 0 Å². The van der Waals surface area contributed by atoms with Crippen molar-refractivity contribution >= 4 is 5.95 Å². The van der Waals surface area contributed by atoms with Crippen LogP contribution < -0.4 is 5.73 Å². The lowest BCUT2D eigenvalue weighted by Crippen LogP contribution is -2.32. The van der Waals surface area contributed by atoms with E-state index in [4.69, 9.17) is 5.73 Å². The Morgan fingerprint density at radius 3 is 2.79 bits per heavy atom. The average Bonchev–Trinajstić information content (AvgIpc) is 2.56. The van der Waals surface area contributed by atoms with E-state index >= 15 is 0 Å². The molecule has 2 rings (SSSR count). The lowest BCUT2D eigenvalue weighted by Gasteiger charge is -2.28. The molecule has 1 aromatic heterocycles. The lowest BCUT2D eigenvalue weighted by molar-refractivity contribution is 0.201. The summed E-state index contributed by atoms with van der Waals surface area (Å²) in [6.45, 7) is 3.34. The molecule has 1 fully saturated rings. The molecule has 1 aromatic rings. The van der Waals surface area contributed by atoms with Crippen LogP contribution in [0.1, 0.15) is 12.8 Å². The molecule has 78 valence electrons. The number of rotatable bonds is 2. The van der Waals surface area contributed by atoms with Crippen molar-refractivity contribution in [3.05, 3.63) is 6.33 Å². The van der Waals surface area contributed by atoms with Crippen molar-refractivity contribution in [3.8, 4) is 0 Å². The van der Waals surface area contributed by atoms with Gasteiger partial charge in [-0.15, -0.1) is 5.10 Å². The Morgan fingerprint density at radius 2 is 2.21 bits per heavy atom. The molecule has 2 heterocycles. The fourth-order valence-corrected chi connectivity index (χ4v) is 1.91. The van der Waals surface area contributed by atoms with Gasteiger partial charge in [0.15, 0.2) is 0 Å². The summed E-state index contributed by atoms with van der Waals surface area (Å²) < 4.78 is 1.85. The number of hydrogen-bond acceptors (Lipinski definition) is 4. The first-order valence-corrected chi connectivity index (χ1v) is 5.07. The zero-order chi connectivity index (χ0) is 9.97. The summed E-state index contributed by atoms with van der Waals surface area (Å²) in [4.78, 5) is 6.28. The molecule has 1 aliphatic heterocycles. The smallest absolute Gasteiger partial charge is 0.239 e. The second-order valence-electron chi connectivity index (χ2n) is 4.07.